The number of rotatable bonds is 3. The second-order valence-electron chi connectivity index (χ2n) is 4.95. The van der Waals surface area contributed by atoms with Gasteiger partial charge < -0.3 is 4.74 Å². The first-order valence-electron chi connectivity index (χ1n) is 5.90. The van der Waals surface area contributed by atoms with Crippen LogP contribution in [0.5, 0.6) is 0 Å². The number of morpholine rings is 1. The second kappa shape index (κ2) is 4.93. The first kappa shape index (κ1) is 11.6. The minimum Gasteiger partial charge on any atom is -0.379 e. The van der Waals surface area contributed by atoms with Crippen molar-refractivity contribution in [3.05, 3.63) is 30.1 Å². The van der Waals surface area contributed by atoms with Crippen LogP contribution < -0.4 is 0 Å². The summed E-state index contributed by atoms with van der Waals surface area (Å²) in [6, 6.07) is 4.15. The van der Waals surface area contributed by atoms with Crippen molar-refractivity contribution in [2.24, 2.45) is 0 Å². The molecule has 1 aromatic rings. The monoisotopic (exact) mass is 220 g/mol. The lowest BCUT2D eigenvalue weighted by atomic mass is 9.93. The molecule has 88 valence electrons. The van der Waals surface area contributed by atoms with E-state index in [9.17, 15) is 0 Å². The van der Waals surface area contributed by atoms with E-state index in [4.69, 9.17) is 4.74 Å². The summed E-state index contributed by atoms with van der Waals surface area (Å²) in [6.07, 6.45) is 4.83. The van der Waals surface area contributed by atoms with Gasteiger partial charge in [0.2, 0.25) is 0 Å². The molecule has 0 radical (unpaired) electrons. The van der Waals surface area contributed by atoms with Crippen LogP contribution >= 0.6 is 0 Å². The highest BCUT2D eigenvalue weighted by atomic mass is 16.5. The van der Waals surface area contributed by atoms with E-state index in [2.05, 4.69) is 29.8 Å². The number of pyridine rings is 1. The standard InChI is InChI=1S/C13H20N2O/c1-13(2,15-6-8-16-9-7-15)10-12-4-3-5-14-11-12/h3-5,11H,6-10H2,1-2H3. The minimum absolute atomic E-state index is 0.187. The average Bonchev–Trinajstić information content (AvgIpc) is 2.31. The molecule has 0 unspecified atom stereocenters. The van der Waals surface area contributed by atoms with Crippen LogP contribution in [-0.4, -0.2) is 41.7 Å². The van der Waals surface area contributed by atoms with Gasteiger partial charge in [0.15, 0.2) is 0 Å². The van der Waals surface area contributed by atoms with Crippen LogP contribution in [0.25, 0.3) is 0 Å². The summed E-state index contributed by atoms with van der Waals surface area (Å²) in [5.74, 6) is 0. The molecule has 2 heterocycles. The van der Waals surface area contributed by atoms with Gasteiger partial charge in [0.05, 0.1) is 13.2 Å². The van der Waals surface area contributed by atoms with E-state index in [1.807, 2.05) is 18.5 Å². The Balaban J connectivity index is 2.01. The van der Waals surface area contributed by atoms with E-state index in [-0.39, 0.29) is 5.54 Å². The summed E-state index contributed by atoms with van der Waals surface area (Å²) in [6.45, 7) is 8.38. The fraction of sp³-hybridized carbons (Fsp3) is 0.615. The number of aromatic nitrogens is 1. The fourth-order valence-corrected chi connectivity index (χ4v) is 2.28. The lowest BCUT2D eigenvalue weighted by molar-refractivity contribution is -0.00986. The molecular weight excluding hydrogens is 200 g/mol. The lowest BCUT2D eigenvalue weighted by Crippen LogP contribution is -2.51. The quantitative estimate of drug-likeness (QED) is 0.776. The number of nitrogens with zero attached hydrogens (tertiary/aromatic N) is 2. The second-order valence-corrected chi connectivity index (χ2v) is 4.95. The largest absolute Gasteiger partial charge is 0.379 e. The highest BCUT2D eigenvalue weighted by molar-refractivity contribution is 5.12. The van der Waals surface area contributed by atoms with Crippen molar-refractivity contribution in [2.45, 2.75) is 25.8 Å². The van der Waals surface area contributed by atoms with Crippen molar-refractivity contribution in [3.63, 3.8) is 0 Å². The predicted molar refractivity (Wildman–Crippen MR) is 64.4 cm³/mol. The molecule has 0 bridgehead atoms. The summed E-state index contributed by atoms with van der Waals surface area (Å²) in [4.78, 5) is 6.67. The van der Waals surface area contributed by atoms with Crippen molar-refractivity contribution < 1.29 is 4.74 Å². The zero-order valence-corrected chi connectivity index (χ0v) is 10.1. The molecule has 1 fully saturated rings. The molecule has 1 aliphatic rings. The first-order valence-corrected chi connectivity index (χ1v) is 5.90. The Morgan fingerprint density at radius 2 is 2.12 bits per heavy atom. The van der Waals surface area contributed by atoms with Crippen LogP contribution in [0.3, 0.4) is 0 Å². The lowest BCUT2D eigenvalue weighted by Gasteiger charge is -2.41. The van der Waals surface area contributed by atoms with Gasteiger partial charge >= 0.3 is 0 Å². The Labute approximate surface area is 97.4 Å². The zero-order chi connectivity index (χ0) is 11.4. The van der Waals surface area contributed by atoms with Crippen LogP contribution in [-0.2, 0) is 11.2 Å². The van der Waals surface area contributed by atoms with Crippen LogP contribution in [0.2, 0.25) is 0 Å². The van der Waals surface area contributed by atoms with E-state index < -0.39 is 0 Å². The van der Waals surface area contributed by atoms with Crippen LogP contribution in [0.4, 0.5) is 0 Å². The Hall–Kier alpha value is -0.930. The molecule has 0 spiro atoms. The third-order valence-electron chi connectivity index (χ3n) is 3.23. The summed E-state index contributed by atoms with van der Waals surface area (Å²) in [7, 11) is 0. The maximum absolute atomic E-state index is 5.39. The first-order chi connectivity index (χ1) is 7.68. The fourth-order valence-electron chi connectivity index (χ4n) is 2.28. The van der Waals surface area contributed by atoms with Gasteiger partial charge in [0.1, 0.15) is 0 Å². The Kier molecular flexibility index (Phi) is 3.56. The highest BCUT2D eigenvalue weighted by Crippen LogP contribution is 2.21. The molecule has 1 saturated heterocycles. The van der Waals surface area contributed by atoms with Crippen LogP contribution in [0.1, 0.15) is 19.4 Å². The molecule has 0 N–H and O–H groups in total. The SMILES string of the molecule is CC(C)(Cc1cccnc1)N1CCOCC1. The number of hydrogen-bond acceptors (Lipinski definition) is 3. The molecule has 3 heteroatoms. The van der Waals surface area contributed by atoms with Crippen LogP contribution in [0.15, 0.2) is 24.5 Å². The van der Waals surface area contributed by atoms with Gasteiger partial charge in [-0.25, -0.2) is 0 Å². The van der Waals surface area contributed by atoms with E-state index in [0.717, 1.165) is 32.7 Å². The molecule has 1 aliphatic heterocycles. The minimum atomic E-state index is 0.187. The summed E-state index contributed by atoms with van der Waals surface area (Å²) >= 11 is 0. The molecule has 0 aliphatic carbocycles. The molecule has 0 aromatic carbocycles. The number of hydrogen-bond donors (Lipinski definition) is 0. The smallest absolute Gasteiger partial charge is 0.0594 e. The van der Waals surface area contributed by atoms with Gasteiger partial charge in [-0.15, -0.1) is 0 Å². The molecule has 16 heavy (non-hydrogen) atoms. The zero-order valence-electron chi connectivity index (χ0n) is 10.1. The maximum atomic E-state index is 5.39. The van der Waals surface area contributed by atoms with Gasteiger partial charge in [-0.2, -0.15) is 0 Å². The predicted octanol–water partition coefficient (Wildman–Crippen LogP) is 1.73. The topological polar surface area (TPSA) is 25.4 Å². The maximum Gasteiger partial charge on any atom is 0.0594 e. The third kappa shape index (κ3) is 2.80. The van der Waals surface area contributed by atoms with Crippen molar-refractivity contribution in [1.29, 1.82) is 0 Å². The Morgan fingerprint density at radius 1 is 1.38 bits per heavy atom. The molecular formula is C13H20N2O. The van der Waals surface area contributed by atoms with Gasteiger partial charge in [0, 0.05) is 31.0 Å². The van der Waals surface area contributed by atoms with E-state index in [1.165, 1.54) is 5.56 Å². The van der Waals surface area contributed by atoms with Crippen molar-refractivity contribution in [3.8, 4) is 0 Å². The summed E-state index contributed by atoms with van der Waals surface area (Å²) < 4.78 is 5.39. The van der Waals surface area contributed by atoms with Gasteiger partial charge in [-0.3, -0.25) is 9.88 Å². The molecule has 0 amide bonds. The van der Waals surface area contributed by atoms with E-state index in [0.29, 0.717) is 0 Å². The molecule has 0 atom stereocenters. The Bertz CT molecular complexity index is 318. The van der Waals surface area contributed by atoms with Crippen molar-refractivity contribution >= 4 is 0 Å². The van der Waals surface area contributed by atoms with Gasteiger partial charge in [-0.05, 0) is 31.9 Å². The van der Waals surface area contributed by atoms with Crippen molar-refractivity contribution in [1.82, 2.24) is 9.88 Å². The third-order valence-corrected chi connectivity index (χ3v) is 3.23. The molecule has 2 rings (SSSR count). The summed E-state index contributed by atoms with van der Waals surface area (Å²) in [5, 5.41) is 0. The van der Waals surface area contributed by atoms with Gasteiger partial charge in [0.25, 0.3) is 0 Å². The summed E-state index contributed by atoms with van der Waals surface area (Å²) in [5.41, 5.74) is 1.49. The van der Waals surface area contributed by atoms with E-state index in [1.54, 1.807) is 0 Å². The molecule has 0 saturated carbocycles. The average molecular weight is 220 g/mol. The van der Waals surface area contributed by atoms with Crippen molar-refractivity contribution in [2.75, 3.05) is 26.3 Å². The molecule has 3 nitrogen and oxygen atoms in total. The highest BCUT2D eigenvalue weighted by Gasteiger charge is 2.28. The van der Waals surface area contributed by atoms with Crippen LogP contribution in [0, 0.1) is 0 Å². The number of ether oxygens (including phenoxy) is 1. The normalized spacial score (nSPS) is 18.6. The van der Waals surface area contributed by atoms with Gasteiger partial charge in [-0.1, -0.05) is 6.07 Å². The Morgan fingerprint density at radius 3 is 2.75 bits per heavy atom. The van der Waals surface area contributed by atoms with E-state index >= 15 is 0 Å². The molecule has 1 aromatic heterocycles.